The van der Waals surface area contributed by atoms with Crippen molar-refractivity contribution in [3.05, 3.63) is 35.1 Å². The molecule has 0 bridgehead atoms. The fourth-order valence-electron chi connectivity index (χ4n) is 2.10. The van der Waals surface area contributed by atoms with E-state index in [4.69, 9.17) is 5.73 Å². The van der Waals surface area contributed by atoms with Crippen LogP contribution in [0.2, 0.25) is 0 Å². The second-order valence-electron chi connectivity index (χ2n) is 4.63. The summed E-state index contributed by atoms with van der Waals surface area (Å²) in [5, 5.41) is 0. The molecule has 2 N–H and O–H groups in total. The molecule has 1 aliphatic heterocycles. The Morgan fingerprint density at radius 2 is 2.40 bits per heavy atom. The number of nitrogens with zero attached hydrogens (tertiary/aromatic N) is 1. The quantitative estimate of drug-likeness (QED) is 0.844. The summed E-state index contributed by atoms with van der Waals surface area (Å²) in [6.07, 6.45) is 0.967. The van der Waals surface area contributed by atoms with Crippen LogP contribution in [-0.4, -0.2) is 41.9 Å². The average Bonchev–Trinajstić information content (AvgIpc) is 2.98. The standard InChI is InChI=1S/C15H17FN2OS/c1-18(12-6-8-20-10-12)15(19)13-5-4-11(3-2-7-17)9-14(13)16/h4-5,9,12H,6-8,10,17H2,1H3. The van der Waals surface area contributed by atoms with Gasteiger partial charge in [0, 0.05) is 24.4 Å². The van der Waals surface area contributed by atoms with Gasteiger partial charge in [0.1, 0.15) is 5.82 Å². The highest BCUT2D eigenvalue weighted by Gasteiger charge is 2.26. The van der Waals surface area contributed by atoms with Crippen LogP contribution in [0, 0.1) is 17.7 Å². The van der Waals surface area contributed by atoms with Crippen molar-refractivity contribution in [1.29, 1.82) is 0 Å². The number of halogens is 1. The lowest BCUT2D eigenvalue weighted by Gasteiger charge is -2.24. The van der Waals surface area contributed by atoms with Gasteiger partial charge in [0.25, 0.3) is 5.91 Å². The molecule has 1 aromatic carbocycles. The fourth-order valence-corrected chi connectivity index (χ4v) is 3.37. The normalized spacial score (nSPS) is 17.4. The molecular formula is C15H17FN2OS. The van der Waals surface area contributed by atoms with E-state index in [0.29, 0.717) is 5.56 Å². The number of hydrogen-bond donors (Lipinski definition) is 1. The predicted octanol–water partition coefficient (Wildman–Crippen LogP) is 1.71. The number of thioether (sulfide) groups is 1. The Kier molecular flexibility index (Phi) is 5.05. The van der Waals surface area contributed by atoms with Crippen molar-refractivity contribution in [1.82, 2.24) is 4.90 Å². The third-order valence-corrected chi connectivity index (χ3v) is 4.45. The van der Waals surface area contributed by atoms with Gasteiger partial charge in [-0.1, -0.05) is 11.8 Å². The second kappa shape index (κ2) is 6.78. The SMILES string of the molecule is CN(C(=O)c1ccc(C#CCN)cc1F)C1CCSC1. The summed E-state index contributed by atoms with van der Waals surface area (Å²) in [5.74, 6) is 6.59. The highest BCUT2D eigenvalue weighted by molar-refractivity contribution is 7.99. The van der Waals surface area contributed by atoms with E-state index >= 15 is 0 Å². The number of carbonyl (C=O) groups is 1. The molecule has 2 rings (SSSR count). The van der Waals surface area contributed by atoms with Gasteiger partial charge >= 0.3 is 0 Å². The van der Waals surface area contributed by atoms with Gasteiger partial charge in [0.05, 0.1) is 12.1 Å². The van der Waals surface area contributed by atoms with Crippen molar-refractivity contribution in [3.63, 3.8) is 0 Å². The summed E-state index contributed by atoms with van der Waals surface area (Å²) >= 11 is 1.82. The number of rotatable bonds is 2. The number of nitrogens with two attached hydrogens (primary N) is 1. The molecular weight excluding hydrogens is 275 g/mol. The molecule has 0 saturated carbocycles. The van der Waals surface area contributed by atoms with E-state index in [1.54, 1.807) is 18.0 Å². The van der Waals surface area contributed by atoms with Gasteiger partial charge in [0.15, 0.2) is 0 Å². The van der Waals surface area contributed by atoms with E-state index in [2.05, 4.69) is 11.8 Å². The Labute approximate surface area is 122 Å². The first-order valence-electron chi connectivity index (χ1n) is 6.47. The third-order valence-electron chi connectivity index (χ3n) is 3.31. The largest absolute Gasteiger partial charge is 0.338 e. The van der Waals surface area contributed by atoms with Crippen molar-refractivity contribution in [2.75, 3.05) is 25.1 Å². The number of amides is 1. The predicted molar refractivity (Wildman–Crippen MR) is 80.2 cm³/mol. The molecule has 3 nitrogen and oxygen atoms in total. The Morgan fingerprint density at radius 1 is 1.60 bits per heavy atom. The third kappa shape index (κ3) is 3.33. The van der Waals surface area contributed by atoms with Crippen LogP contribution in [0.15, 0.2) is 18.2 Å². The molecule has 106 valence electrons. The van der Waals surface area contributed by atoms with Crippen LogP contribution in [0.5, 0.6) is 0 Å². The first-order chi connectivity index (χ1) is 9.63. The zero-order chi connectivity index (χ0) is 14.5. The molecule has 1 heterocycles. The van der Waals surface area contributed by atoms with Gasteiger partial charge < -0.3 is 10.6 Å². The van der Waals surface area contributed by atoms with Crippen LogP contribution in [0.1, 0.15) is 22.3 Å². The molecule has 1 saturated heterocycles. The highest BCUT2D eigenvalue weighted by atomic mass is 32.2. The van der Waals surface area contributed by atoms with E-state index in [-0.39, 0.29) is 24.1 Å². The van der Waals surface area contributed by atoms with Gasteiger partial charge in [0.2, 0.25) is 0 Å². The molecule has 1 atom stereocenters. The molecule has 1 aliphatic rings. The van der Waals surface area contributed by atoms with Crippen LogP contribution < -0.4 is 5.73 Å². The molecule has 0 radical (unpaired) electrons. The zero-order valence-corrected chi connectivity index (χ0v) is 12.2. The minimum absolute atomic E-state index is 0.0997. The van der Waals surface area contributed by atoms with Crippen LogP contribution >= 0.6 is 11.8 Å². The lowest BCUT2D eigenvalue weighted by Crippen LogP contribution is -2.37. The number of benzene rings is 1. The maximum Gasteiger partial charge on any atom is 0.256 e. The van der Waals surface area contributed by atoms with Crippen LogP contribution in [0.25, 0.3) is 0 Å². The molecule has 5 heteroatoms. The minimum atomic E-state index is -0.531. The van der Waals surface area contributed by atoms with Crippen LogP contribution in [0.3, 0.4) is 0 Å². The van der Waals surface area contributed by atoms with E-state index in [0.717, 1.165) is 17.9 Å². The van der Waals surface area contributed by atoms with E-state index in [1.807, 2.05) is 11.8 Å². The van der Waals surface area contributed by atoms with E-state index in [1.165, 1.54) is 12.1 Å². The summed E-state index contributed by atoms with van der Waals surface area (Å²) in [4.78, 5) is 13.9. The summed E-state index contributed by atoms with van der Waals surface area (Å²) in [5.41, 5.74) is 5.90. The van der Waals surface area contributed by atoms with Gasteiger partial charge in [-0.3, -0.25) is 4.79 Å². The Balaban J connectivity index is 2.17. The number of hydrogen-bond acceptors (Lipinski definition) is 3. The first-order valence-corrected chi connectivity index (χ1v) is 7.62. The Morgan fingerprint density at radius 3 is 3.00 bits per heavy atom. The van der Waals surface area contributed by atoms with Gasteiger partial charge in [-0.2, -0.15) is 11.8 Å². The Hall–Kier alpha value is -1.51. The minimum Gasteiger partial charge on any atom is -0.338 e. The molecule has 1 aromatic rings. The lowest BCUT2D eigenvalue weighted by molar-refractivity contribution is 0.0743. The van der Waals surface area contributed by atoms with Crippen molar-refractivity contribution in [2.45, 2.75) is 12.5 Å². The molecule has 20 heavy (non-hydrogen) atoms. The average molecular weight is 292 g/mol. The van der Waals surface area contributed by atoms with Crippen molar-refractivity contribution >= 4 is 17.7 Å². The van der Waals surface area contributed by atoms with Crippen LogP contribution in [-0.2, 0) is 0 Å². The summed E-state index contributed by atoms with van der Waals surface area (Å²) in [6, 6.07) is 4.63. The second-order valence-corrected chi connectivity index (χ2v) is 5.78. The van der Waals surface area contributed by atoms with Crippen molar-refractivity contribution in [3.8, 4) is 11.8 Å². The fraction of sp³-hybridized carbons (Fsp3) is 0.400. The van der Waals surface area contributed by atoms with Gasteiger partial charge in [-0.05, 0) is 30.4 Å². The maximum atomic E-state index is 14.0. The van der Waals surface area contributed by atoms with Crippen molar-refractivity contribution < 1.29 is 9.18 Å². The van der Waals surface area contributed by atoms with Crippen molar-refractivity contribution in [2.24, 2.45) is 5.73 Å². The molecule has 0 aromatic heterocycles. The smallest absolute Gasteiger partial charge is 0.256 e. The molecule has 0 spiro atoms. The summed E-state index contributed by atoms with van der Waals surface area (Å²) < 4.78 is 14.0. The lowest BCUT2D eigenvalue weighted by atomic mass is 10.1. The van der Waals surface area contributed by atoms with Gasteiger partial charge in [-0.15, -0.1) is 0 Å². The monoisotopic (exact) mass is 292 g/mol. The molecule has 1 unspecified atom stereocenters. The Bertz CT molecular complexity index is 559. The molecule has 1 fully saturated rings. The molecule has 1 amide bonds. The summed E-state index contributed by atoms with van der Waals surface area (Å²) in [7, 11) is 1.74. The highest BCUT2D eigenvalue weighted by Crippen LogP contribution is 2.23. The maximum absolute atomic E-state index is 14.0. The van der Waals surface area contributed by atoms with Gasteiger partial charge in [-0.25, -0.2) is 4.39 Å². The zero-order valence-electron chi connectivity index (χ0n) is 11.4. The van der Waals surface area contributed by atoms with E-state index in [9.17, 15) is 9.18 Å². The molecule has 0 aliphatic carbocycles. The first kappa shape index (κ1) is 14.9. The number of carbonyl (C=O) groups excluding carboxylic acids is 1. The van der Waals surface area contributed by atoms with E-state index < -0.39 is 5.82 Å². The summed E-state index contributed by atoms with van der Waals surface area (Å²) in [6.45, 7) is 0.227. The topological polar surface area (TPSA) is 46.3 Å². The van der Waals surface area contributed by atoms with Crippen LogP contribution in [0.4, 0.5) is 4.39 Å².